The minimum Gasteiger partial charge on any atom is -0.510 e. The minimum atomic E-state index is -2.63. The molecule has 10 nitrogen and oxygen atoms in total. The highest BCUT2D eigenvalue weighted by molar-refractivity contribution is 6.24. The summed E-state index contributed by atoms with van der Waals surface area (Å²) in [4.78, 5) is 42.3. The lowest BCUT2D eigenvalue weighted by Gasteiger charge is -2.50. The Hall–Kier alpha value is -3.37. The Bertz CT molecular complexity index is 1210. The third-order valence-corrected chi connectivity index (χ3v) is 7.37. The minimum absolute atomic E-state index is 0.0180. The molecule has 0 fully saturated rings. The Morgan fingerprint density at radius 1 is 1.15 bits per heavy atom. The summed E-state index contributed by atoms with van der Waals surface area (Å²) in [6.45, 7) is 1.65. The molecule has 0 bridgehead atoms. The highest BCUT2D eigenvalue weighted by Crippen LogP contribution is 2.53. The smallest absolute Gasteiger partial charge is 0.255 e. The molecule has 0 saturated carbocycles. The van der Waals surface area contributed by atoms with E-state index in [0.717, 1.165) is 5.69 Å². The summed E-state index contributed by atoms with van der Waals surface area (Å²) in [5, 5.41) is 44.4. The average molecular weight is 472 g/mol. The van der Waals surface area contributed by atoms with Crippen LogP contribution in [0.25, 0.3) is 0 Å². The van der Waals surface area contributed by atoms with Crippen molar-refractivity contribution in [2.75, 3.05) is 33.1 Å². The number of aliphatic hydroxyl groups is 3. The molecule has 4 rings (SSSR count). The highest BCUT2D eigenvalue weighted by Gasteiger charge is 2.63. The lowest BCUT2D eigenvalue weighted by Crippen LogP contribution is -2.63. The van der Waals surface area contributed by atoms with Gasteiger partial charge in [0.25, 0.3) is 5.91 Å². The number of aliphatic hydroxyl groups excluding tert-OH is 2. The number of hydrogen-bond donors (Lipinski definition) is 5. The molecule has 0 saturated heterocycles. The van der Waals surface area contributed by atoms with Crippen LogP contribution in [0, 0.1) is 18.8 Å². The van der Waals surface area contributed by atoms with E-state index in [4.69, 9.17) is 5.73 Å². The third kappa shape index (κ3) is 2.91. The van der Waals surface area contributed by atoms with Crippen LogP contribution in [0.4, 0.5) is 5.69 Å². The van der Waals surface area contributed by atoms with Crippen molar-refractivity contribution in [3.8, 4) is 5.75 Å². The number of likely N-dealkylation sites (N-methyl/N-ethyl adjacent to an activating group) is 1. The van der Waals surface area contributed by atoms with E-state index in [1.54, 1.807) is 27.1 Å². The van der Waals surface area contributed by atoms with E-state index in [2.05, 4.69) is 0 Å². The molecular formula is C24H29N3O7. The molecule has 4 atom stereocenters. The molecule has 1 aromatic rings. The predicted octanol–water partition coefficient (Wildman–Crippen LogP) is 0.495. The Labute approximate surface area is 196 Å². The van der Waals surface area contributed by atoms with E-state index in [9.17, 15) is 34.8 Å². The molecule has 0 unspecified atom stereocenters. The van der Waals surface area contributed by atoms with Crippen LogP contribution in [0.15, 0.2) is 28.7 Å². The number of hydrogen-bond acceptors (Lipinski definition) is 9. The van der Waals surface area contributed by atoms with Crippen LogP contribution in [0.1, 0.15) is 27.9 Å². The Morgan fingerprint density at radius 3 is 2.29 bits per heavy atom. The lowest BCUT2D eigenvalue weighted by molar-refractivity contribution is -0.148. The van der Waals surface area contributed by atoms with Gasteiger partial charge in [0.15, 0.2) is 11.4 Å². The number of allylic oxidation sites excluding steroid dienone is 1. The number of phenolic OH excluding ortho intramolecular Hbond substituents is 1. The second-order valence-corrected chi connectivity index (χ2v) is 9.77. The number of aromatic hydroxyl groups is 1. The number of carbonyl (C=O) groups is 3. The van der Waals surface area contributed by atoms with Crippen molar-refractivity contribution in [2.45, 2.75) is 31.4 Å². The summed E-state index contributed by atoms with van der Waals surface area (Å²) in [5.41, 5.74) is 3.54. The summed E-state index contributed by atoms with van der Waals surface area (Å²) in [7, 11) is 6.82. The molecule has 0 spiro atoms. The van der Waals surface area contributed by atoms with Crippen molar-refractivity contribution in [3.63, 3.8) is 0 Å². The first-order chi connectivity index (χ1) is 15.7. The summed E-state index contributed by atoms with van der Waals surface area (Å²) < 4.78 is 0. The number of ketones is 2. The molecular weight excluding hydrogens is 442 g/mol. The molecule has 182 valence electrons. The van der Waals surface area contributed by atoms with Gasteiger partial charge in [-0.3, -0.25) is 19.3 Å². The van der Waals surface area contributed by atoms with E-state index in [1.165, 1.54) is 4.90 Å². The van der Waals surface area contributed by atoms with Crippen molar-refractivity contribution in [2.24, 2.45) is 17.6 Å². The highest BCUT2D eigenvalue weighted by atomic mass is 16.3. The fourth-order valence-electron chi connectivity index (χ4n) is 5.83. The number of rotatable bonds is 3. The molecule has 1 amide bonds. The number of fused-ring (bicyclic) bond motifs is 3. The molecule has 3 aliphatic carbocycles. The first-order valence-electron chi connectivity index (χ1n) is 10.9. The Kier molecular flexibility index (Phi) is 5.30. The van der Waals surface area contributed by atoms with E-state index >= 15 is 0 Å². The largest absolute Gasteiger partial charge is 0.510 e. The SMILES string of the molecule is Cc1cc(N(C)C)c2c(c1O)C(=O)C1=C(O)[C@]3(O)C(=O)C(C(N)=O)=C(O)[C@H](N(C)C)[C@@H]3C[C@@H]1C2. The number of carbonyl (C=O) groups excluding carboxylic acids is 3. The van der Waals surface area contributed by atoms with Crippen molar-refractivity contribution in [1.29, 1.82) is 0 Å². The molecule has 34 heavy (non-hydrogen) atoms. The zero-order chi connectivity index (χ0) is 25.4. The van der Waals surface area contributed by atoms with Gasteiger partial charge in [-0.05, 0) is 57.0 Å². The second kappa shape index (κ2) is 7.57. The fraction of sp³-hybridized carbons (Fsp3) is 0.458. The summed E-state index contributed by atoms with van der Waals surface area (Å²) in [5.74, 6) is -6.48. The molecule has 6 N–H and O–H groups in total. The summed E-state index contributed by atoms with van der Waals surface area (Å²) in [6, 6.07) is 0.764. The average Bonchev–Trinajstić information content (AvgIpc) is 2.72. The number of benzene rings is 1. The van der Waals surface area contributed by atoms with Crippen molar-refractivity contribution in [3.05, 3.63) is 45.4 Å². The van der Waals surface area contributed by atoms with Gasteiger partial charge in [0.2, 0.25) is 5.78 Å². The number of amides is 1. The van der Waals surface area contributed by atoms with Gasteiger partial charge in [-0.15, -0.1) is 0 Å². The van der Waals surface area contributed by atoms with E-state index in [1.807, 2.05) is 19.0 Å². The summed E-state index contributed by atoms with van der Waals surface area (Å²) in [6.07, 6.45) is 0.323. The lowest BCUT2D eigenvalue weighted by atomic mass is 9.58. The number of aryl methyl sites for hydroxylation is 1. The van der Waals surface area contributed by atoms with E-state index in [0.29, 0.717) is 11.1 Å². The Balaban J connectivity index is 2.00. The van der Waals surface area contributed by atoms with Crippen LogP contribution in [0.2, 0.25) is 0 Å². The molecule has 0 aliphatic heterocycles. The zero-order valence-electron chi connectivity index (χ0n) is 19.7. The number of anilines is 1. The van der Waals surface area contributed by atoms with Crippen LogP contribution in [-0.2, 0) is 16.0 Å². The van der Waals surface area contributed by atoms with Gasteiger partial charge in [0.1, 0.15) is 22.8 Å². The maximum absolute atomic E-state index is 13.6. The molecule has 0 heterocycles. The van der Waals surface area contributed by atoms with Gasteiger partial charge in [0, 0.05) is 31.3 Å². The van der Waals surface area contributed by atoms with E-state index in [-0.39, 0.29) is 29.7 Å². The maximum atomic E-state index is 13.6. The maximum Gasteiger partial charge on any atom is 0.255 e. The van der Waals surface area contributed by atoms with Crippen LogP contribution < -0.4 is 10.6 Å². The van der Waals surface area contributed by atoms with Crippen LogP contribution in [0.3, 0.4) is 0 Å². The van der Waals surface area contributed by atoms with Crippen molar-refractivity contribution in [1.82, 2.24) is 4.90 Å². The number of nitrogens with zero attached hydrogens (tertiary/aromatic N) is 2. The van der Waals surface area contributed by atoms with Crippen molar-refractivity contribution >= 4 is 23.2 Å². The molecule has 0 aromatic heterocycles. The normalized spacial score (nSPS) is 28.6. The standard InChI is InChI=1S/C24H29N3O7/c1-9-6-13(26(2)3)11-7-10-8-12-17(27(4)5)20(30)16(23(25)33)22(32)24(12,34)21(31)14(10)19(29)15(11)18(9)28/h6,10,12,17,28,30-31,34H,7-8H2,1-5H3,(H2,25,33)/t10-,12-,17+,24-/m0/s1. The van der Waals surface area contributed by atoms with Crippen LogP contribution in [-0.4, -0.2) is 82.6 Å². The van der Waals surface area contributed by atoms with Gasteiger partial charge in [-0.2, -0.15) is 0 Å². The quantitative estimate of drug-likeness (QED) is 0.395. The number of nitrogens with two attached hydrogens (primary N) is 1. The molecule has 1 aromatic carbocycles. The number of Topliss-reactive ketones (excluding diaryl/α,β-unsaturated/α-hetero) is 2. The third-order valence-electron chi connectivity index (χ3n) is 7.37. The predicted molar refractivity (Wildman–Crippen MR) is 123 cm³/mol. The summed E-state index contributed by atoms with van der Waals surface area (Å²) >= 11 is 0. The number of phenols is 1. The zero-order valence-corrected chi connectivity index (χ0v) is 19.7. The van der Waals surface area contributed by atoms with Gasteiger partial charge < -0.3 is 31.1 Å². The fourth-order valence-corrected chi connectivity index (χ4v) is 5.83. The van der Waals surface area contributed by atoms with Gasteiger partial charge >= 0.3 is 0 Å². The molecule has 3 aliphatic rings. The second-order valence-electron chi connectivity index (χ2n) is 9.77. The molecule has 0 radical (unpaired) electrons. The molecule has 10 heteroatoms. The Morgan fingerprint density at radius 2 is 1.76 bits per heavy atom. The van der Waals surface area contributed by atoms with Gasteiger partial charge in [-0.1, -0.05) is 0 Å². The van der Waals surface area contributed by atoms with Gasteiger partial charge in [-0.25, -0.2) is 0 Å². The van der Waals surface area contributed by atoms with Crippen LogP contribution >= 0.6 is 0 Å². The van der Waals surface area contributed by atoms with E-state index < -0.39 is 58.0 Å². The van der Waals surface area contributed by atoms with Crippen molar-refractivity contribution < 1.29 is 34.8 Å². The van der Waals surface area contributed by atoms with Gasteiger partial charge in [0.05, 0.1) is 11.6 Å². The van der Waals surface area contributed by atoms with Crippen LogP contribution in [0.5, 0.6) is 5.75 Å². The first-order valence-corrected chi connectivity index (χ1v) is 10.9. The monoisotopic (exact) mass is 471 g/mol. The first kappa shape index (κ1) is 23.8. The topological polar surface area (TPSA) is 165 Å². The number of primary amides is 1.